The lowest BCUT2D eigenvalue weighted by molar-refractivity contribution is 0.178. The molecule has 0 saturated carbocycles. The maximum Gasteiger partial charge on any atom is 0.223 e. The summed E-state index contributed by atoms with van der Waals surface area (Å²) in [5.74, 6) is 1.41. The lowest BCUT2D eigenvalue weighted by atomic mass is 10.1. The van der Waals surface area contributed by atoms with Crippen molar-refractivity contribution in [2.75, 3.05) is 19.6 Å². The second-order valence-corrected chi connectivity index (χ2v) is 6.51. The number of aromatic nitrogens is 2. The normalized spacial score (nSPS) is 19.1. The van der Waals surface area contributed by atoms with Crippen molar-refractivity contribution in [1.29, 1.82) is 0 Å². The van der Waals surface area contributed by atoms with Gasteiger partial charge in [-0.1, -0.05) is 35.0 Å². The maximum atomic E-state index is 6.20. The van der Waals surface area contributed by atoms with Gasteiger partial charge < -0.3 is 9.84 Å². The predicted molar refractivity (Wildman–Crippen MR) is 90.5 cm³/mol. The first kappa shape index (κ1) is 16.4. The van der Waals surface area contributed by atoms with Crippen LogP contribution in [0.3, 0.4) is 0 Å². The lowest BCUT2D eigenvalue weighted by Gasteiger charge is -2.32. The van der Waals surface area contributed by atoms with Crippen molar-refractivity contribution in [3.8, 4) is 0 Å². The number of nitrogens with zero attached hydrogens (tertiary/aromatic N) is 3. The standard InChI is InChI=1S/C17H23ClN4O/c1-13-20-17(21-23-13)12-22-10-4-6-15(11-22)19-9-8-14-5-2-3-7-16(14)18/h2-3,5,7,15,19H,4,6,8-12H2,1H3/t15-/m1/s1. The molecule has 2 heterocycles. The molecule has 0 aliphatic carbocycles. The Balaban J connectivity index is 1.44. The molecule has 1 atom stereocenters. The minimum atomic E-state index is 0.513. The molecule has 3 rings (SSSR count). The molecule has 23 heavy (non-hydrogen) atoms. The zero-order chi connectivity index (χ0) is 16.1. The van der Waals surface area contributed by atoms with E-state index in [0.717, 1.165) is 43.4 Å². The van der Waals surface area contributed by atoms with Gasteiger partial charge in [-0.2, -0.15) is 4.98 Å². The molecule has 1 aliphatic rings. The Bertz CT molecular complexity index is 631. The summed E-state index contributed by atoms with van der Waals surface area (Å²) in [4.78, 5) is 6.68. The Morgan fingerprint density at radius 3 is 3.04 bits per heavy atom. The van der Waals surface area contributed by atoms with E-state index in [0.29, 0.717) is 11.9 Å². The SMILES string of the molecule is Cc1nc(CN2CCC[C@@H](NCCc3ccccc3Cl)C2)no1. The third kappa shape index (κ3) is 4.77. The van der Waals surface area contributed by atoms with Crippen LogP contribution in [-0.4, -0.2) is 40.7 Å². The zero-order valence-electron chi connectivity index (χ0n) is 13.5. The van der Waals surface area contributed by atoms with Gasteiger partial charge in [-0.3, -0.25) is 4.90 Å². The Morgan fingerprint density at radius 2 is 2.26 bits per heavy atom. The quantitative estimate of drug-likeness (QED) is 0.880. The van der Waals surface area contributed by atoms with Gasteiger partial charge in [-0.25, -0.2) is 0 Å². The fourth-order valence-corrected chi connectivity index (χ4v) is 3.31. The van der Waals surface area contributed by atoms with E-state index in [1.807, 2.05) is 25.1 Å². The van der Waals surface area contributed by atoms with E-state index >= 15 is 0 Å². The zero-order valence-corrected chi connectivity index (χ0v) is 14.2. The van der Waals surface area contributed by atoms with E-state index < -0.39 is 0 Å². The Kier molecular flexibility index (Phi) is 5.65. The molecule has 0 bridgehead atoms. The van der Waals surface area contributed by atoms with Gasteiger partial charge in [-0.15, -0.1) is 0 Å². The molecule has 1 N–H and O–H groups in total. The minimum Gasteiger partial charge on any atom is -0.340 e. The molecule has 1 saturated heterocycles. The van der Waals surface area contributed by atoms with Crippen LogP contribution in [0.1, 0.15) is 30.1 Å². The Hall–Kier alpha value is -1.43. The van der Waals surface area contributed by atoms with Gasteiger partial charge in [-0.05, 0) is 44.0 Å². The molecule has 0 spiro atoms. The van der Waals surface area contributed by atoms with E-state index in [1.165, 1.54) is 18.4 Å². The molecule has 5 nitrogen and oxygen atoms in total. The molecular weight excluding hydrogens is 312 g/mol. The third-order valence-corrected chi connectivity index (χ3v) is 4.59. The van der Waals surface area contributed by atoms with Gasteiger partial charge in [0.2, 0.25) is 5.89 Å². The maximum absolute atomic E-state index is 6.20. The summed E-state index contributed by atoms with van der Waals surface area (Å²) in [6, 6.07) is 8.57. The van der Waals surface area contributed by atoms with Gasteiger partial charge >= 0.3 is 0 Å². The van der Waals surface area contributed by atoms with Crippen molar-refractivity contribution in [3.05, 3.63) is 46.6 Å². The number of aryl methyl sites for hydroxylation is 1. The van der Waals surface area contributed by atoms with Crippen LogP contribution in [0.4, 0.5) is 0 Å². The fourth-order valence-electron chi connectivity index (χ4n) is 3.08. The summed E-state index contributed by atoms with van der Waals surface area (Å²) in [5, 5.41) is 8.49. The van der Waals surface area contributed by atoms with Gasteiger partial charge in [0, 0.05) is 24.5 Å². The molecule has 0 radical (unpaired) electrons. The lowest BCUT2D eigenvalue weighted by Crippen LogP contribution is -2.45. The molecule has 6 heteroatoms. The summed E-state index contributed by atoms with van der Waals surface area (Å²) in [7, 11) is 0. The van der Waals surface area contributed by atoms with Gasteiger partial charge in [0.1, 0.15) is 0 Å². The molecule has 1 aromatic heterocycles. The summed E-state index contributed by atoms with van der Waals surface area (Å²) >= 11 is 6.20. The van der Waals surface area contributed by atoms with Crippen LogP contribution < -0.4 is 5.32 Å². The second-order valence-electron chi connectivity index (χ2n) is 6.10. The second kappa shape index (κ2) is 7.90. The first-order valence-electron chi connectivity index (χ1n) is 8.19. The highest BCUT2D eigenvalue weighted by molar-refractivity contribution is 6.31. The number of nitrogens with one attached hydrogen (secondary N) is 1. The van der Waals surface area contributed by atoms with E-state index in [4.69, 9.17) is 16.1 Å². The number of benzene rings is 1. The van der Waals surface area contributed by atoms with Crippen molar-refractivity contribution < 1.29 is 4.52 Å². The topological polar surface area (TPSA) is 54.2 Å². The average molecular weight is 335 g/mol. The fraction of sp³-hybridized carbons (Fsp3) is 0.529. The number of piperidine rings is 1. The smallest absolute Gasteiger partial charge is 0.223 e. The summed E-state index contributed by atoms with van der Waals surface area (Å²) in [5.41, 5.74) is 1.21. The number of hydrogen-bond acceptors (Lipinski definition) is 5. The highest BCUT2D eigenvalue weighted by Crippen LogP contribution is 2.16. The summed E-state index contributed by atoms with van der Waals surface area (Å²) in [6.07, 6.45) is 3.37. The summed E-state index contributed by atoms with van der Waals surface area (Å²) in [6.45, 7) is 5.65. The first-order chi connectivity index (χ1) is 11.2. The molecule has 124 valence electrons. The highest BCUT2D eigenvalue weighted by Gasteiger charge is 2.20. The van der Waals surface area contributed by atoms with E-state index in [2.05, 4.69) is 26.4 Å². The van der Waals surface area contributed by atoms with Crippen LogP contribution in [0.25, 0.3) is 0 Å². The number of rotatable bonds is 6. The molecule has 1 fully saturated rings. The van der Waals surface area contributed by atoms with E-state index in [-0.39, 0.29) is 0 Å². The van der Waals surface area contributed by atoms with Crippen LogP contribution in [0, 0.1) is 6.92 Å². The molecule has 2 aromatic rings. The largest absolute Gasteiger partial charge is 0.340 e. The molecular formula is C17H23ClN4O. The number of likely N-dealkylation sites (tertiary alicyclic amines) is 1. The Morgan fingerprint density at radius 1 is 1.39 bits per heavy atom. The monoisotopic (exact) mass is 334 g/mol. The van der Waals surface area contributed by atoms with Crippen molar-refractivity contribution in [2.45, 2.75) is 38.8 Å². The number of halogens is 1. The van der Waals surface area contributed by atoms with Crippen LogP contribution in [0.5, 0.6) is 0 Å². The first-order valence-corrected chi connectivity index (χ1v) is 8.57. The molecule has 0 unspecified atom stereocenters. The van der Waals surface area contributed by atoms with Gasteiger partial charge in [0.15, 0.2) is 5.82 Å². The van der Waals surface area contributed by atoms with Crippen LogP contribution >= 0.6 is 11.6 Å². The van der Waals surface area contributed by atoms with Gasteiger partial charge in [0.05, 0.1) is 6.54 Å². The number of hydrogen-bond donors (Lipinski definition) is 1. The minimum absolute atomic E-state index is 0.513. The molecule has 1 aromatic carbocycles. The van der Waals surface area contributed by atoms with Crippen molar-refractivity contribution in [2.24, 2.45) is 0 Å². The molecule has 0 amide bonds. The van der Waals surface area contributed by atoms with Crippen LogP contribution in [0.2, 0.25) is 5.02 Å². The van der Waals surface area contributed by atoms with E-state index in [9.17, 15) is 0 Å². The van der Waals surface area contributed by atoms with Crippen LogP contribution in [-0.2, 0) is 13.0 Å². The van der Waals surface area contributed by atoms with Crippen molar-refractivity contribution in [3.63, 3.8) is 0 Å². The summed E-state index contributed by atoms with van der Waals surface area (Å²) < 4.78 is 5.04. The third-order valence-electron chi connectivity index (χ3n) is 4.23. The molecule has 1 aliphatic heterocycles. The Labute approximate surface area is 142 Å². The van der Waals surface area contributed by atoms with Gasteiger partial charge in [0.25, 0.3) is 0 Å². The van der Waals surface area contributed by atoms with Crippen LogP contribution in [0.15, 0.2) is 28.8 Å². The van der Waals surface area contributed by atoms with E-state index in [1.54, 1.807) is 0 Å². The predicted octanol–water partition coefficient (Wildman–Crippen LogP) is 2.83. The average Bonchev–Trinajstić information content (AvgIpc) is 2.95. The highest BCUT2D eigenvalue weighted by atomic mass is 35.5. The van der Waals surface area contributed by atoms with Crippen molar-refractivity contribution in [1.82, 2.24) is 20.4 Å². The van der Waals surface area contributed by atoms with Crippen molar-refractivity contribution >= 4 is 11.6 Å².